The molecule has 1 aromatic heterocycles. The van der Waals surface area contributed by atoms with Gasteiger partial charge in [0, 0.05) is 10.8 Å². The molecule has 2 saturated carbocycles. The Bertz CT molecular complexity index is 710. The van der Waals surface area contributed by atoms with Gasteiger partial charge in [0.15, 0.2) is 0 Å². The van der Waals surface area contributed by atoms with Crippen LogP contribution in [0.2, 0.25) is 0 Å². The topological polar surface area (TPSA) is 55.4 Å². The zero-order valence-electron chi connectivity index (χ0n) is 15.8. The van der Waals surface area contributed by atoms with E-state index in [4.69, 9.17) is 4.74 Å². The van der Waals surface area contributed by atoms with Gasteiger partial charge >= 0.3 is 5.97 Å². The van der Waals surface area contributed by atoms with Gasteiger partial charge in [0.1, 0.15) is 5.00 Å². The normalized spacial score (nSPS) is 29.5. The molecule has 0 aliphatic heterocycles. The summed E-state index contributed by atoms with van der Waals surface area (Å²) in [7, 11) is 0. The summed E-state index contributed by atoms with van der Waals surface area (Å²) in [6.07, 6.45) is 8.93. The van der Waals surface area contributed by atoms with Crippen LogP contribution in [0.4, 0.5) is 5.00 Å². The number of fused-ring (bicyclic) bond motifs is 3. The Kier molecular flexibility index (Phi) is 5.09. The van der Waals surface area contributed by atoms with E-state index in [0.717, 1.165) is 42.2 Å². The maximum Gasteiger partial charge on any atom is 0.341 e. The summed E-state index contributed by atoms with van der Waals surface area (Å²) in [6.45, 7) is 4.42. The fourth-order valence-corrected chi connectivity index (χ4v) is 6.63. The molecule has 5 heteroatoms. The lowest BCUT2D eigenvalue weighted by Crippen LogP contribution is -2.27. The summed E-state index contributed by atoms with van der Waals surface area (Å²) >= 11 is 1.61. The molecule has 1 N–H and O–H groups in total. The number of anilines is 1. The van der Waals surface area contributed by atoms with Crippen molar-refractivity contribution < 1.29 is 14.3 Å². The Balaban J connectivity index is 1.59. The standard InChI is InChI=1S/C21H29NO3S/c1-3-12-6-8-15-17(11-12)26-20(18(15)21(24)25-4-2)22-19(23)16-10-13-5-7-14(16)9-13/h12-14,16H,3-11H2,1-2H3,(H,22,23)/t12-,13+,14+,16-/m1/s1. The zero-order valence-corrected chi connectivity index (χ0v) is 16.6. The number of amides is 1. The van der Waals surface area contributed by atoms with Gasteiger partial charge in [-0.25, -0.2) is 4.79 Å². The Hall–Kier alpha value is -1.36. The largest absolute Gasteiger partial charge is 0.462 e. The molecule has 142 valence electrons. The van der Waals surface area contributed by atoms with Crippen molar-refractivity contribution in [2.75, 3.05) is 11.9 Å². The van der Waals surface area contributed by atoms with Crippen LogP contribution in [0.25, 0.3) is 0 Å². The number of hydrogen-bond donors (Lipinski definition) is 1. The smallest absolute Gasteiger partial charge is 0.341 e. The quantitative estimate of drug-likeness (QED) is 0.751. The van der Waals surface area contributed by atoms with E-state index in [1.807, 2.05) is 6.92 Å². The molecule has 0 saturated heterocycles. The molecule has 3 aliphatic rings. The number of thiophene rings is 1. The van der Waals surface area contributed by atoms with Crippen molar-refractivity contribution in [1.82, 2.24) is 0 Å². The van der Waals surface area contributed by atoms with Crippen molar-refractivity contribution in [2.24, 2.45) is 23.7 Å². The van der Waals surface area contributed by atoms with Crippen molar-refractivity contribution >= 4 is 28.2 Å². The molecule has 0 radical (unpaired) electrons. The minimum atomic E-state index is -0.275. The molecule has 0 spiro atoms. The van der Waals surface area contributed by atoms with E-state index >= 15 is 0 Å². The molecular formula is C21H29NO3S. The van der Waals surface area contributed by atoms with E-state index in [2.05, 4.69) is 12.2 Å². The molecule has 1 amide bonds. The lowest BCUT2D eigenvalue weighted by Gasteiger charge is -2.21. The minimum Gasteiger partial charge on any atom is -0.462 e. The Morgan fingerprint density at radius 1 is 1.19 bits per heavy atom. The van der Waals surface area contributed by atoms with Crippen LogP contribution < -0.4 is 5.32 Å². The second-order valence-electron chi connectivity index (χ2n) is 8.22. The third-order valence-electron chi connectivity index (χ3n) is 6.74. The molecule has 3 aliphatic carbocycles. The summed E-state index contributed by atoms with van der Waals surface area (Å²) in [5.41, 5.74) is 1.76. The van der Waals surface area contributed by atoms with E-state index in [1.165, 1.54) is 30.6 Å². The van der Waals surface area contributed by atoms with E-state index in [9.17, 15) is 9.59 Å². The van der Waals surface area contributed by atoms with Crippen LogP contribution >= 0.6 is 11.3 Å². The number of esters is 1. The Morgan fingerprint density at radius 2 is 2.04 bits per heavy atom. The summed E-state index contributed by atoms with van der Waals surface area (Å²) in [5, 5.41) is 3.88. The van der Waals surface area contributed by atoms with Gasteiger partial charge in [-0.2, -0.15) is 0 Å². The SMILES string of the molecule is CCOC(=O)c1c(NC(=O)[C@@H]2C[C@H]3CC[C@H]2C3)sc2c1CC[C@@H](CC)C2. The maximum absolute atomic E-state index is 12.9. The number of hydrogen-bond acceptors (Lipinski definition) is 4. The first-order chi connectivity index (χ1) is 12.6. The molecule has 4 nitrogen and oxygen atoms in total. The van der Waals surface area contributed by atoms with Gasteiger partial charge in [-0.05, 0) is 68.8 Å². The number of carbonyl (C=O) groups is 2. The maximum atomic E-state index is 12.9. The molecular weight excluding hydrogens is 346 g/mol. The lowest BCUT2D eigenvalue weighted by molar-refractivity contribution is -0.121. The van der Waals surface area contributed by atoms with Crippen molar-refractivity contribution in [3.8, 4) is 0 Å². The summed E-state index contributed by atoms with van der Waals surface area (Å²) in [6, 6.07) is 0. The highest BCUT2D eigenvalue weighted by Gasteiger charge is 2.43. The molecule has 4 atom stereocenters. The van der Waals surface area contributed by atoms with E-state index in [-0.39, 0.29) is 17.8 Å². The second kappa shape index (κ2) is 7.34. The van der Waals surface area contributed by atoms with Crippen molar-refractivity contribution in [1.29, 1.82) is 0 Å². The number of carbonyl (C=O) groups excluding carboxylic acids is 2. The molecule has 1 heterocycles. The summed E-state index contributed by atoms with van der Waals surface area (Å²) < 4.78 is 5.32. The average molecular weight is 376 g/mol. The van der Waals surface area contributed by atoms with Crippen molar-refractivity contribution in [2.45, 2.75) is 65.2 Å². The molecule has 26 heavy (non-hydrogen) atoms. The van der Waals surface area contributed by atoms with Gasteiger partial charge in [0.25, 0.3) is 0 Å². The lowest BCUT2D eigenvalue weighted by atomic mass is 9.85. The Labute approximate surface area is 159 Å². The zero-order chi connectivity index (χ0) is 18.3. The van der Waals surface area contributed by atoms with Gasteiger partial charge in [-0.3, -0.25) is 4.79 Å². The molecule has 1 aromatic rings. The van der Waals surface area contributed by atoms with Gasteiger partial charge in [-0.1, -0.05) is 19.8 Å². The number of nitrogens with one attached hydrogen (secondary N) is 1. The van der Waals surface area contributed by atoms with Gasteiger partial charge in [0.2, 0.25) is 5.91 Å². The van der Waals surface area contributed by atoms with Crippen LogP contribution in [0.15, 0.2) is 0 Å². The van der Waals surface area contributed by atoms with Crippen LogP contribution in [-0.4, -0.2) is 18.5 Å². The fraction of sp³-hybridized carbons (Fsp3) is 0.714. The van der Waals surface area contributed by atoms with Crippen LogP contribution in [0.1, 0.15) is 73.2 Å². The minimum absolute atomic E-state index is 0.119. The highest BCUT2D eigenvalue weighted by molar-refractivity contribution is 7.17. The summed E-state index contributed by atoms with van der Waals surface area (Å²) in [5.74, 6) is 1.94. The molecule has 0 aromatic carbocycles. The van der Waals surface area contributed by atoms with Crippen LogP contribution in [0, 0.1) is 23.7 Å². The first-order valence-electron chi connectivity index (χ1n) is 10.2. The molecule has 0 unspecified atom stereocenters. The highest BCUT2D eigenvalue weighted by atomic mass is 32.1. The van der Waals surface area contributed by atoms with Crippen molar-refractivity contribution in [3.05, 3.63) is 16.0 Å². The van der Waals surface area contributed by atoms with Gasteiger partial charge in [0.05, 0.1) is 12.2 Å². The number of rotatable bonds is 5. The Morgan fingerprint density at radius 3 is 2.69 bits per heavy atom. The van der Waals surface area contributed by atoms with Crippen LogP contribution in [0.5, 0.6) is 0 Å². The molecule has 4 rings (SSSR count). The second-order valence-corrected chi connectivity index (χ2v) is 9.32. The molecule has 2 fully saturated rings. The molecule has 2 bridgehead atoms. The first-order valence-corrected chi connectivity index (χ1v) is 11.0. The average Bonchev–Trinajstić information content (AvgIpc) is 3.34. The monoisotopic (exact) mass is 375 g/mol. The van der Waals surface area contributed by atoms with E-state index < -0.39 is 0 Å². The first kappa shape index (κ1) is 18.0. The van der Waals surface area contributed by atoms with Gasteiger partial charge < -0.3 is 10.1 Å². The van der Waals surface area contributed by atoms with E-state index in [0.29, 0.717) is 24.0 Å². The predicted molar refractivity (Wildman–Crippen MR) is 104 cm³/mol. The van der Waals surface area contributed by atoms with Crippen LogP contribution in [-0.2, 0) is 22.4 Å². The summed E-state index contributed by atoms with van der Waals surface area (Å²) in [4.78, 5) is 26.8. The van der Waals surface area contributed by atoms with Gasteiger partial charge in [-0.15, -0.1) is 11.3 Å². The highest BCUT2D eigenvalue weighted by Crippen LogP contribution is 2.49. The third-order valence-corrected chi connectivity index (χ3v) is 7.91. The fourth-order valence-electron chi connectivity index (χ4n) is 5.28. The predicted octanol–water partition coefficient (Wildman–Crippen LogP) is 4.81. The van der Waals surface area contributed by atoms with Crippen LogP contribution in [0.3, 0.4) is 0 Å². The third kappa shape index (κ3) is 3.19. The van der Waals surface area contributed by atoms with Crippen molar-refractivity contribution in [3.63, 3.8) is 0 Å². The van der Waals surface area contributed by atoms with E-state index in [1.54, 1.807) is 11.3 Å². The number of ether oxygens (including phenoxy) is 1.